The Bertz CT molecular complexity index is 8.00. The standard InChI is InChI=1S/3ClH.Os/h3*1H;/q;;;+3/p-3. The van der Waals surface area contributed by atoms with Gasteiger partial charge in [0, 0.05) is 0 Å². The Balaban J connectivity index is 2.32. The van der Waals surface area contributed by atoms with Gasteiger partial charge in [-0.1, -0.05) is 0 Å². The van der Waals surface area contributed by atoms with E-state index >= 15 is 0 Å². The first-order valence-corrected chi connectivity index (χ1v) is 9.84. The summed E-state index contributed by atoms with van der Waals surface area (Å²) in [6.45, 7) is 0. The summed E-state index contributed by atoms with van der Waals surface area (Å²) in [5.41, 5.74) is 0. The van der Waals surface area contributed by atoms with Gasteiger partial charge in [-0.3, -0.25) is 0 Å². The van der Waals surface area contributed by atoms with E-state index in [1.807, 2.05) is 0 Å². The van der Waals surface area contributed by atoms with Gasteiger partial charge in [-0.25, -0.2) is 0 Å². The molecule has 4 heavy (non-hydrogen) atoms. The molecule has 4 heteroatoms. The Labute approximate surface area is 42.1 Å². The van der Waals surface area contributed by atoms with E-state index in [0.29, 0.717) is 0 Å². The molecule has 0 radical (unpaired) electrons. The van der Waals surface area contributed by atoms with E-state index in [1.54, 1.807) is 0 Å². The van der Waals surface area contributed by atoms with E-state index in [4.69, 9.17) is 28.9 Å². The van der Waals surface area contributed by atoms with Gasteiger partial charge in [0.15, 0.2) is 0 Å². The van der Waals surface area contributed by atoms with E-state index in [1.165, 1.54) is 0 Å². The molecule has 0 aromatic heterocycles. The molecule has 0 rings (SSSR count). The van der Waals surface area contributed by atoms with Crippen LogP contribution in [0.15, 0.2) is 0 Å². The molecule has 0 aromatic carbocycles. The van der Waals surface area contributed by atoms with Crippen LogP contribution in [0.25, 0.3) is 0 Å². The van der Waals surface area contributed by atoms with Crippen LogP contribution in [0, 0.1) is 0 Å². The quantitative estimate of drug-likeness (QED) is 0.642. The van der Waals surface area contributed by atoms with Gasteiger partial charge in [0.2, 0.25) is 0 Å². The number of hydrogen-bond acceptors (Lipinski definition) is 0. The Hall–Kier alpha value is 1.51. The molecule has 0 amide bonds. The van der Waals surface area contributed by atoms with Crippen LogP contribution in [-0.4, -0.2) is 0 Å². The molecule has 0 saturated carbocycles. The summed E-state index contributed by atoms with van der Waals surface area (Å²) in [4.78, 5) is 0. The molecular formula is Cl3Os. The second-order valence-electron chi connectivity index (χ2n) is 0.152. The van der Waals surface area contributed by atoms with Crippen LogP contribution in [-0.2, 0) is 13.2 Å². The summed E-state index contributed by atoms with van der Waals surface area (Å²) in [7, 11) is 14.9. The normalized spacial score (nSPS) is 11.2. The van der Waals surface area contributed by atoms with E-state index < -0.39 is 13.2 Å². The fourth-order valence-electron chi connectivity index (χ4n) is 0. The predicted molar refractivity (Wildman–Crippen MR) is 17.6 cm³/mol. The molecular weight excluding hydrogens is 297 g/mol. The van der Waals surface area contributed by atoms with Gasteiger partial charge in [-0.2, -0.15) is 0 Å². The number of halogens is 3. The van der Waals surface area contributed by atoms with E-state index in [9.17, 15) is 0 Å². The van der Waals surface area contributed by atoms with Crippen molar-refractivity contribution in [1.82, 2.24) is 0 Å². The van der Waals surface area contributed by atoms with Gasteiger partial charge in [0.05, 0.1) is 0 Å². The van der Waals surface area contributed by atoms with Gasteiger partial charge in [-0.15, -0.1) is 0 Å². The predicted octanol–water partition coefficient (Wildman–Crippen LogP) is 2.07. The molecule has 0 aliphatic heterocycles. The molecule has 0 nitrogen and oxygen atoms in total. The molecule has 0 aromatic rings. The van der Waals surface area contributed by atoms with Crippen molar-refractivity contribution in [3.63, 3.8) is 0 Å². The Morgan fingerprint density at radius 1 is 1.00 bits per heavy atom. The van der Waals surface area contributed by atoms with Crippen molar-refractivity contribution in [2.45, 2.75) is 0 Å². The molecule has 0 heterocycles. The fraction of sp³-hybridized carbons (Fsp3) is 0. The van der Waals surface area contributed by atoms with Crippen molar-refractivity contribution >= 4 is 28.9 Å². The van der Waals surface area contributed by atoms with Gasteiger partial charge in [0.1, 0.15) is 0 Å². The van der Waals surface area contributed by atoms with E-state index in [0.717, 1.165) is 0 Å². The molecule has 0 aliphatic carbocycles. The van der Waals surface area contributed by atoms with Crippen molar-refractivity contribution in [3.8, 4) is 0 Å². The minimum atomic E-state index is -1.98. The molecule has 0 atom stereocenters. The topological polar surface area (TPSA) is 0 Å². The van der Waals surface area contributed by atoms with Gasteiger partial charge in [0.25, 0.3) is 0 Å². The van der Waals surface area contributed by atoms with Crippen LogP contribution in [0.4, 0.5) is 0 Å². The fourth-order valence-corrected chi connectivity index (χ4v) is 0. The van der Waals surface area contributed by atoms with Crippen molar-refractivity contribution in [2.75, 3.05) is 0 Å². The van der Waals surface area contributed by atoms with Crippen LogP contribution in [0.5, 0.6) is 0 Å². The maximum absolute atomic E-state index is 4.98. The first-order chi connectivity index (χ1) is 1.73. The average Bonchev–Trinajstić information content (AvgIpc) is 0.811. The van der Waals surface area contributed by atoms with Crippen LogP contribution in [0.1, 0.15) is 0 Å². The Morgan fingerprint density at radius 3 is 1.00 bits per heavy atom. The molecule has 0 unspecified atom stereocenters. The van der Waals surface area contributed by atoms with E-state index in [-0.39, 0.29) is 0 Å². The molecule has 0 N–H and O–H groups in total. The van der Waals surface area contributed by atoms with Crippen molar-refractivity contribution < 1.29 is 13.2 Å². The summed E-state index contributed by atoms with van der Waals surface area (Å²) in [5.74, 6) is 0. The number of rotatable bonds is 0. The second kappa shape index (κ2) is 2.73. The van der Waals surface area contributed by atoms with Crippen LogP contribution in [0.3, 0.4) is 0 Å². The van der Waals surface area contributed by atoms with Crippen molar-refractivity contribution in [1.29, 1.82) is 0 Å². The van der Waals surface area contributed by atoms with Crippen LogP contribution < -0.4 is 0 Å². The summed E-state index contributed by atoms with van der Waals surface area (Å²) < 4.78 is 0. The third-order valence-corrected chi connectivity index (χ3v) is 0. The SMILES string of the molecule is [Cl][Os]([Cl])[Cl]. The maximum atomic E-state index is 4.98. The van der Waals surface area contributed by atoms with Gasteiger partial charge < -0.3 is 0 Å². The summed E-state index contributed by atoms with van der Waals surface area (Å²) in [5, 5.41) is 0. The molecule has 0 fully saturated rings. The zero-order valence-electron chi connectivity index (χ0n) is 1.49. The first kappa shape index (κ1) is 5.51. The second-order valence-corrected chi connectivity index (χ2v) is 11.2. The van der Waals surface area contributed by atoms with E-state index in [2.05, 4.69) is 0 Å². The molecule has 29 valence electrons. The first-order valence-electron chi connectivity index (χ1n) is 0.401. The Morgan fingerprint density at radius 2 is 1.00 bits per heavy atom. The summed E-state index contributed by atoms with van der Waals surface area (Å²) in [6, 6.07) is 0. The zero-order valence-corrected chi connectivity index (χ0v) is 6.30. The van der Waals surface area contributed by atoms with Crippen molar-refractivity contribution in [2.24, 2.45) is 0 Å². The molecule has 0 spiro atoms. The van der Waals surface area contributed by atoms with Gasteiger partial charge in [-0.05, 0) is 0 Å². The number of hydrogen-bond donors (Lipinski definition) is 0. The van der Waals surface area contributed by atoms with Crippen LogP contribution >= 0.6 is 28.9 Å². The monoisotopic (exact) mass is 297 g/mol. The molecule has 0 bridgehead atoms. The van der Waals surface area contributed by atoms with Crippen molar-refractivity contribution in [3.05, 3.63) is 0 Å². The summed E-state index contributed by atoms with van der Waals surface area (Å²) >= 11 is -1.98. The minimum absolute atomic E-state index is 1.98. The average molecular weight is 297 g/mol. The summed E-state index contributed by atoms with van der Waals surface area (Å²) in [6.07, 6.45) is 0. The third kappa shape index (κ3) is 9.71. The Kier molecular flexibility index (Phi) is 3.76. The van der Waals surface area contributed by atoms with Gasteiger partial charge >= 0.3 is 42.1 Å². The molecule has 0 aliphatic rings. The zero-order chi connectivity index (χ0) is 3.58. The molecule has 0 saturated heterocycles. The van der Waals surface area contributed by atoms with Crippen LogP contribution in [0.2, 0.25) is 0 Å². The third-order valence-electron chi connectivity index (χ3n) is 0.